The van der Waals surface area contributed by atoms with E-state index in [9.17, 15) is 14.7 Å². The first-order valence-corrected chi connectivity index (χ1v) is 11.7. The number of hydrogen-bond donors (Lipinski definition) is 1. The molecule has 2 saturated heterocycles. The third kappa shape index (κ3) is 4.12. The zero-order valence-electron chi connectivity index (χ0n) is 18.8. The summed E-state index contributed by atoms with van der Waals surface area (Å²) >= 11 is 0. The van der Waals surface area contributed by atoms with E-state index in [1.165, 1.54) is 6.07 Å². The number of benzene rings is 3. The van der Waals surface area contributed by atoms with Gasteiger partial charge in [-0.3, -0.25) is 9.59 Å². The number of carbonyl (C=O) groups is 2. The van der Waals surface area contributed by atoms with E-state index in [1.54, 1.807) is 6.07 Å². The average Bonchev–Trinajstić information content (AvgIpc) is 3.40. The van der Waals surface area contributed by atoms with E-state index >= 15 is 0 Å². The van der Waals surface area contributed by atoms with E-state index in [4.69, 9.17) is 18.9 Å². The molecule has 7 heteroatoms. The van der Waals surface area contributed by atoms with E-state index in [2.05, 4.69) is 0 Å². The number of rotatable bonds is 5. The molecule has 6 rings (SSSR count). The first-order valence-electron chi connectivity index (χ1n) is 11.7. The van der Waals surface area contributed by atoms with Crippen molar-refractivity contribution in [1.29, 1.82) is 0 Å². The number of esters is 1. The number of hydrogen-bond acceptors (Lipinski definition) is 7. The number of ketones is 1. The molecule has 3 heterocycles. The SMILES string of the molecule is O=C1CC2OC(C(Oc3cc(O)c4c(c3)OC(c3ccccc3)CC4=O)c3ccccc3)CC2O1. The molecule has 0 spiro atoms. The molecule has 35 heavy (non-hydrogen) atoms. The third-order valence-corrected chi connectivity index (χ3v) is 6.75. The normalized spacial score (nSPS) is 25.8. The Kier molecular flexibility index (Phi) is 5.41. The highest BCUT2D eigenvalue weighted by Crippen LogP contribution is 2.44. The summed E-state index contributed by atoms with van der Waals surface area (Å²) in [6, 6.07) is 22.2. The second kappa shape index (κ2) is 8.74. The largest absolute Gasteiger partial charge is 0.507 e. The summed E-state index contributed by atoms with van der Waals surface area (Å²) < 4.78 is 24.1. The van der Waals surface area contributed by atoms with Crippen molar-refractivity contribution in [2.75, 3.05) is 0 Å². The standard InChI is InChI=1S/C28H24O7/c29-19-11-18(12-24-27(19)20(30)13-21(33-24)16-7-3-1-4-8-16)32-28(17-9-5-2-6-10-17)25-14-22-23(34-25)15-26(31)35-22/h1-12,21-23,25,28-29H,13-15H2. The lowest BCUT2D eigenvalue weighted by Crippen LogP contribution is -2.25. The van der Waals surface area contributed by atoms with Crippen LogP contribution in [-0.2, 0) is 14.3 Å². The van der Waals surface area contributed by atoms with Crippen molar-refractivity contribution in [2.24, 2.45) is 0 Å². The molecule has 0 saturated carbocycles. The van der Waals surface area contributed by atoms with Gasteiger partial charge in [0.15, 0.2) is 5.78 Å². The molecule has 3 aliphatic heterocycles. The van der Waals surface area contributed by atoms with Crippen LogP contribution in [0.15, 0.2) is 72.8 Å². The van der Waals surface area contributed by atoms with Gasteiger partial charge in [-0.05, 0) is 11.1 Å². The fourth-order valence-corrected chi connectivity index (χ4v) is 5.11. The topological polar surface area (TPSA) is 91.3 Å². The van der Waals surface area contributed by atoms with E-state index in [0.29, 0.717) is 12.2 Å². The van der Waals surface area contributed by atoms with Crippen LogP contribution in [-0.4, -0.2) is 35.2 Å². The van der Waals surface area contributed by atoms with Gasteiger partial charge in [0, 0.05) is 18.6 Å². The summed E-state index contributed by atoms with van der Waals surface area (Å²) in [5, 5.41) is 10.7. The second-order valence-electron chi connectivity index (χ2n) is 9.09. The van der Waals surface area contributed by atoms with E-state index < -0.39 is 12.2 Å². The zero-order valence-corrected chi connectivity index (χ0v) is 18.8. The van der Waals surface area contributed by atoms with Crippen LogP contribution in [0, 0.1) is 0 Å². The van der Waals surface area contributed by atoms with Crippen molar-refractivity contribution in [1.82, 2.24) is 0 Å². The van der Waals surface area contributed by atoms with Crippen LogP contribution in [0.5, 0.6) is 17.2 Å². The molecule has 3 aliphatic rings. The average molecular weight is 472 g/mol. The quantitative estimate of drug-likeness (QED) is 0.539. The summed E-state index contributed by atoms with van der Waals surface area (Å²) in [5.74, 6) is 0.0332. The van der Waals surface area contributed by atoms with E-state index in [-0.39, 0.29) is 60.0 Å². The molecule has 0 bridgehead atoms. The van der Waals surface area contributed by atoms with E-state index in [1.807, 2.05) is 60.7 Å². The number of Topliss-reactive ketones (excluding diaryl/α,β-unsaturated/α-hetero) is 1. The van der Waals surface area contributed by atoms with Crippen molar-refractivity contribution in [3.63, 3.8) is 0 Å². The van der Waals surface area contributed by atoms with Gasteiger partial charge < -0.3 is 24.1 Å². The van der Waals surface area contributed by atoms with Crippen molar-refractivity contribution in [3.8, 4) is 17.2 Å². The molecule has 0 aliphatic carbocycles. The van der Waals surface area contributed by atoms with Crippen LogP contribution in [0.3, 0.4) is 0 Å². The van der Waals surface area contributed by atoms with Crippen molar-refractivity contribution in [3.05, 3.63) is 89.5 Å². The number of carbonyl (C=O) groups excluding carboxylic acids is 2. The van der Waals surface area contributed by atoms with Gasteiger partial charge in [-0.25, -0.2) is 0 Å². The van der Waals surface area contributed by atoms with Crippen LogP contribution in [0.25, 0.3) is 0 Å². The first kappa shape index (κ1) is 21.7. The molecule has 0 aromatic heterocycles. The minimum Gasteiger partial charge on any atom is -0.507 e. The minimum absolute atomic E-state index is 0.148. The predicted octanol–water partition coefficient (Wildman–Crippen LogP) is 4.69. The second-order valence-corrected chi connectivity index (χ2v) is 9.09. The number of phenolic OH excluding ortho intramolecular Hbond substituents is 1. The maximum atomic E-state index is 12.9. The molecule has 2 fully saturated rings. The maximum absolute atomic E-state index is 12.9. The highest BCUT2D eigenvalue weighted by Gasteiger charge is 2.47. The zero-order chi connectivity index (χ0) is 23.9. The van der Waals surface area contributed by atoms with Crippen LogP contribution in [0.2, 0.25) is 0 Å². The Morgan fingerprint density at radius 1 is 0.886 bits per heavy atom. The molecule has 1 N–H and O–H groups in total. The lowest BCUT2D eigenvalue weighted by Gasteiger charge is -2.28. The van der Waals surface area contributed by atoms with Crippen molar-refractivity contribution in [2.45, 2.75) is 49.8 Å². The number of phenols is 1. The predicted molar refractivity (Wildman–Crippen MR) is 124 cm³/mol. The minimum atomic E-state index is -0.512. The van der Waals surface area contributed by atoms with Gasteiger partial charge in [0.25, 0.3) is 0 Å². The molecular formula is C28H24O7. The number of ether oxygens (including phenoxy) is 4. The van der Waals surface area contributed by atoms with Gasteiger partial charge in [-0.15, -0.1) is 0 Å². The highest BCUT2D eigenvalue weighted by atomic mass is 16.6. The smallest absolute Gasteiger partial charge is 0.308 e. The molecule has 178 valence electrons. The molecule has 0 radical (unpaired) electrons. The number of fused-ring (bicyclic) bond motifs is 2. The Hall–Kier alpha value is -3.84. The van der Waals surface area contributed by atoms with Gasteiger partial charge in [0.2, 0.25) is 0 Å². The van der Waals surface area contributed by atoms with Gasteiger partial charge >= 0.3 is 5.97 Å². The highest BCUT2D eigenvalue weighted by molar-refractivity contribution is 6.02. The molecule has 3 aromatic rings. The summed E-state index contributed by atoms with van der Waals surface area (Å²) in [7, 11) is 0. The maximum Gasteiger partial charge on any atom is 0.308 e. The molecule has 5 atom stereocenters. The van der Waals surface area contributed by atoms with Gasteiger partial charge in [-0.2, -0.15) is 0 Å². The van der Waals surface area contributed by atoms with Crippen molar-refractivity contribution >= 4 is 11.8 Å². The lowest BCUT2D eigenvalue weighted by atomic mass is 9.95. The van der Waals surface area contributed by atoms with Crippen LogP contribution in [0.1, 0.15) is 53.0 Å². The Morgan fingerprint density at radius 2 is 1.63 bits per heavy atom. The van der Waals surface area contributed by atoms with Gasteiger partial charge in [0.05, 0.1) is 12.8 Å². The number of aromatic hydroxyl groups is 1. The first-order chi connectivity index (χ1) is 17.0. The molecule has 3 aromatic carbocycles. The van der Waals surface area contributed by atoms with Crippen LogP contribution >= 0.6 is 0 Å². The molecular weight excluding hydrogens is 448 g/mol. The monoisotopic (exact) mass is 472 g/mol. The summed E-state index contributed by atoms with van der Waals surface area (Å²) in [4.78, 5) is 24.5. The molecule has 5 unspecified atom stereocenters. The Labute approximate surface area is 202 Å². The molecule has 7 nitrogen and oxygen atoms in total. The summed E-state index contributed by atoms with van der Waals surface area (Å²) in [6.07, 6.45) is -0.978. The van der Waals surface area contributed by atoms with Crippen LogP contribution < -0.4 is 9.47 Å². The Morgan fingerprint density at radius 3 is 2.37 bits per heavy atom. The van der Waals surface area contributed by atoms with Crippen molar-refractivity contribution < 1.29 is 33.6 Å². The lowest BCUT2D eigenvalue weighted by molar-refractivity contribution is -0.141. The Bertz CT molecular complexity index is 1240. The molecule has 0 amide bonds. The Balaban J connectivity index is 1.30. The van der Waals surface area contributed by atoms with Gasteiger partial charge in [-0.1, -0.05) is 60.7 Å². The van der Waals surface area contributed by atoms with Crippen LogP contribution in [0.4, 0.5) is 0 Å². The fraction of sp³-hybridized carbons (Fsp3) is 0.286. The third-order valence-electron chi connectivity index (χ3n) is 6.75. The fourth-order valence-electron chi connectivity index (χ4n) is 5.11. The van der Waals surface area contributed by atoms with Gasteiger partial charge in [0.1, 0.15) is 53.3 Å². The van der Waals surface area contributed by atoms with E-state index in [0.717, 1.165) is 11.1 Å². The summed E-state index contributed by atoms with van der Waals surface area (Å²) in [6.45, 7) is 0. The summed E-state index contributed by atoms with van der Waals surface area (Å²) in [5.41, 5.74) is 1.94.